The second-order valence-electron chi connectivity index (χ2n) is 5.66. The molecule has 6 heteroatoms. The van der Waals surface area contributed by atoms with E-state index in [-0.39, 0.29) is 16.1 Å². The Bertz CT molecular complexity index is 690. The molecule has 0 atom stereocenters. The molecule has 1 aliphatic carbocycles. The summed E-state index contributed by atoms with van der Waals surface area (Å²) in [5, 5.41) is 13.9. The molecule has 1 aliphatic rings. The van der Waals surface area contributed by atoms with Crippen molar-refractivity contribution in [2.45, 2.75) is 38.1 Å². The second-order valence-corrected chi connectivity index (χ2v) is 6.52. The Labute approximate surface area is 127 Å². The fraction of sp³-hybridized carbons (Fsp3) is 0.400. The molecule has 0 amide bonds. The number of aromatic nitrogens is 1. The molecule has 0 radical (unpaired) electrons. The Balaban J connectivity index is 1.97. The number of hydrogen-bond acceptors (Lipinski definition) is 5. The average molecular weight is 303 g/mol. The van der Waals surface area contributed by atoms with Crippen molar-refractivity contribution in [3.63, 3.8) is 0 Å². The van der Waals surface area contributed by atoms with E-state index >= 15 is 0 Å². The van der Waals surface area contributed by atoms with E-state index in [1.54, 1.807) is 30.4 Å². The van der Waals surface area contributed by atoms with E-state index < -0.39 is 0 Å². The first-order valence-corrected chi connectivity index (χ1v) is 7.88. The van der Waals surface area contributed by atoms with E-state index in [1.165, 1.54) is 0 Å². The lowest BCUT2D eigenvalue weighted by molar-refractivity contribution is -0.385. The van der Waals surface area contributed by atoms with Gasteiger partial charge in [-0.2, -0.15) is 0 Å². The van der Waals surface area contributed by atoms with E-state index in [0.29, 0.717) is 5.56 Å². The first kappa shape index (κ1) is 14.2. The molecule has 1 aromatic carbocycles. The first-order chi connectivity index (χ1) is 9.99. The highest BCUT2D eigenvalue weighted by atomic mass is 32.1. The summed E-state index contributed by atoms with van der Waals surface area (Å²) >= 11 is 1.55. The summed E-state index contributed by atoms with van der Waals surface area (Å²) in [5.74, 6) is 0. The Morgan fingerprint density at radius 1 is 1.38 bits per heavy atom. The van der Waals surface area contributed by atoms with Crippen LogP contribution in [0.1, 0.15) is 36.3 Å². The maximum atomic E-state index is 11.0. The van der Waals surface area contributed by atoms with Crippen LogP contribution >= 0.6 is 11.3 Å². The van der Waals surface area contributed by atoms with Gasteiger partial charge in [-0.3, -0.25) is 10.1 Å². The molecule has 0 saturated heterocycles. The quantitative estimate of drug-likeness (QED) is 0.691. The van der Waals surface area contributed by atoms with E-state index in [4.69, 9.17) is 5.73 Å². The summed E-state index contributed by atoms with van der Waals surface area (Å²) in [7, 11) is 0. The summed E-state index contributed by atoms with van der Waals surface area (Å²) in [5.41, 5.74) is 8.44. The zero-order valence-corrected chi connectivity index (χ0v) is 12.7. The van der Waals surface area contributed by atoms with E-state index in [0.717, 1.165) is 41.9 Å². The third-order valence-electron chi connectivity index (χ3n) is 4.13. The third kappa shape index (κ3) is 2.56. The van der Waals surface area contributed by atoms with Gasteiger partial charge < -0.3 is 5.73 Å². The number of thiazole rings is 1. The van der Waals surface area contributed by atoms with Crippen molar-refractivity contribution in [2.24, 2.45) is 5.73 Å². The number of benzene rings is 1. The summed E-state index contributed by atoms with van der Waals surface area (Å²) < 4.78 is 0. The number of nitro groups is 1. The number of rotatable bonds is 3. The minimum Gasteiger partial charge on any atom is -0.319 e. The lowest BCUT2D eigenvalue weighted by atomic mass is 10.0. The number of aryl methyl sites for hydroxylation is 1. The number of nitrogens with zero attached hydrogens (tertiary/aromatic N) is 2. The van der Waals surface area contributed by atoms with E-state index in [9.17, 15) is 10.1 Å². The van der Waals surface area contributed by atoms with Crippen molar-refractivity contribution >= 4 is 17.0 Å². The van der Waals surface area contributed by atoms with Gasteiger partial charge >= 0.3 is 0 Å². The van der Waals surface area contributed by atoms with Crippen molar-refractivity contribution in [3.05, 3.63) is 44.3 Å². The highest BCUT2D eigenvalue weighted by Gasteiger charge is 2.34. The molecule has 21 heavy (non-hydrogen) atoms. The molecule has 110 valence electrons. The van der Waals surface area contributed by atoms with Crippen LogP contribution in [-0.2, 0) is 5.54 Å². The standard InChI is InChI=1S/C15H17N3O2S/c1-10-4-5-11(8-13(10)18(19)20)12-9-21-14(17-12)15(16)6-2-3-7-15/h4-5,8-9H,2-3,6-7,16H2,1H3. The lowest BCUT2D eigenvalue weighted by Gasteiger charge is -2.19. The van der Waals surface area contributed by atoms with Crippen molar-refractivity contribution in [1.29, 1.82) is 0 Å². The van der Waals surface area contributed by atoms with Gasteiger partial charge in [0, 0.05) is 22.6 Å². The number of nitro benzene ring substituents is 1. The first-order valence-electron chi connectivity index (χ1n) is 7.00. The predicted octanol–water partition coefficient (Wildman–Crippen LogP) is 3.75. The molecule has 1 aromatic heterocycles. The smallest absolute Gasteiger partial charge is 0.272 e. The maximum absolute atomic E-state index is 11.0. The van der Waals surface area contributed by atoms with Crippen LogP contribution in [0.2, 0.25) is 0 Å². The van der Waals surface area contributed by atoms with Crippen LogP contribution in [0, 0.1) is 17.0 Å². The summed E-state index contributed by atoms with van der Waals surface area (Å²) in [6.07, 6.45) is 4.21. The summed E-state index contributed by atoms with van der Waals surface area (Å²) in [6, 6.07) is 5.23. The molecule has 0 bridgehead atoms. The van der Waals surface area contributed by atoms with Gasteiger partial charge in [0.05, 0.1) is 16.2 Å². The van der Waals surface area contributed by atoms with Crippen LogP contribution in [0.3, 0.4) is 0 Å². The van der Waals surface area contributed by atoms with Crippen LogP contribution in [0.5, 0.6) is 0 Å². The molecule has 0 unspecified atom stereocenters. The molecular weight excluding hydrogens is 286 g/mol. The van der Waals surface area contributed by atoms with Gasteiger partial charge in [-0.15, -0.1) is 11.3 Å². The zero-order valence-electron chi connectivity index (χ0n) is 11.8. The van der Waals surface area contributed by atoms with E-state index in [1.807, 2.05) is 11.4 Å². The highest BCUT2D eigenvalue weighted by molar-refractivity contribution is 7.10. The molecule has 2 aromatic rings. The van der Waals surface area contributed by atoms with Crippen LogP contribution < -0.4 is 5.73 Å². The summed E-state index contributed by atoms with van der Waals surface area (Å²) in [6.45, 7) is 1.74. The Hall–Kier alpha value is -1.79. The topological polar surface area (TPSA) is 82.0 Å². The van der Waals surface area contributed by atoms with E-state index in [2.05, 4.69) is 4.98 Å². The fourth-order valence-corrected chi connectivity index (χ4v) is 3.82. The van der Waals surface area contributed by atoms with Gasteiger partial charge in [-0.1, -0.05) is 25.0 Å². The molecule has 2 N–H and O–H groups in total. The van der Waals surface area contributed by atoms with Crippen LogP contribution in [-0.4, -0.2) is 9.91 Å². The van der Waals surface area contributed by atoms with Crippen molar-refractivity contribution in [3.8, 4) is 11.3 Å². The zero-order chi connectivity index (χ0) is 15.0. The minimum atomic E-state index is -0.354. The van der Waals surface area contributed by atoms with Crippen LogP contribution in [0.15, 0.2) is 23.6 Å². The molecule has 3 rings (SSSR count). The SMILES string of the molecule is Cc1ccc(-c2csc(C3(N)CCCC3)n2)cc1[N+](=O)[O-]. The maximum Gasteiger partial charge on any atom is 0.272 e. The van der Waals surface area contributed by atoms with Crippen molar-refractivity contribution < 1.29 is 4.92 Å². The molecule has 1 fully saturated rings. The van der Waals surface area contributed by atoms with Crippen molar-refractivity contribution in [2.75, 3.05) is 0 Å². The largest absolute Gasteiger partial charge is 0.319 e. The monoisotopic (exact) mass is 303 g/mol. The fourth-order valence-electron chi connectivity index (χ4n) is 2.82. The Kier molecular flexibility index (Phi) is 3.51. The Morgan fingerprint density at radius 3 is 2.76 bits per heavy atom. The Morgan fingerprint density at radius 2 is 2.10 bits per heavy atom. The van der Waals surface area contributed by atoms with Crippen LogP contribution in [0.4, 0.5) is 5.69 Å². The summed E-state index contributed by atoms with van der Waals surface area (Å²) in [4.78, 5) is 15.3. The van der Waals surface area contributed by atoms with Gasteiger partial charge in [0.15, 0.2) is 0 Å². The van der Waals surface area contributed by atoms with Gasteiger partial charge in [-0.25, -0.2) is 4.98 Å². The molecule has 0 aliphatic heterocycles. The second kappa shape index (κ2) is 5.20. The molecular formula is C15H17N3O2S. The van der Waals surface area contributed by atoms with Gasteiger partial charge in [0.2, 0.25) is 0 Å². The van der Waals surface area contributed by atoms with Crippen molar-refractivity contribution in [1.82, 2.24) is 4.98 Å². The molecule has 1 saturated carbocycles. The number of nitrogens with two attached hydrogens (primary N) is 1. The minimum absolute atomic E-state index is 0.130. The van der Waals surface area contributed by atoms with Crippen LogP contribution in [0.25, 0.3) is 11.3 Å². The van der Waals surface area contributed by atoms with Gasteiger partial charge in [-0.05, 0) is 19.8 Å². The molecule has 0 spiro atoms. The molecule has 1 heterocycles. The normalized spacial score (nSPS) is 17.0. The number of hydrogen-bond donors (Lipinski definition) is 1. The van der Waals surface area contributed by atoms with Gasteiger partial charge in [0.1, 0.15) is 5.01 Å². The lowest BCUT2D eigenvalue weighted by Crippen LogP contribution is -2.32. The average Bonchev–Trinajstić information content (AvgIpc) is 3.08. The highest BCUT2D eigenvalue weighted by Crippen LogP contribution is 2.39. The predicted molar refractivity (Wildman–Crippen MR) is 83.3 cm³/mol. The third-order valence-corrected chi connectivity index (χ3v) is 5.19. The molecule has 5 nitrogen and oxygen atoms in total. The van der Waals surface area contributed by atoms with Gasteiger partial charge in [0.25, 0.3) is 5.69 Å².